The summed E-state index contributed by atoms with van der Waals surface area (Å²) in [4.78, 5) is 42.6. The van der Waals surface area contributed by atoms with Crippen LogP contribution in [-0.2, 0) is 28.6 Å². The second kappa shape index (κ2) is 15.3. The zero-order chi connectivity index (χ0) is 28.3. The molecule has 0 aliphatic carbocycles. The number of benzene rings is 1. The lowest BCUT2D eigenvalue weighted by molar-refractivity contribution is -0.128. The van der Waals surface area contributed by atoms with Gasteiger partial charge >= 0.3 is 5.97 Å². The van der Waals surface area contributed by atoms with Gasteiger partial charge in [0, 0.05) is 30.5 Å². The maximum atomic E-state index is 12.4. The third kappa shape index (κ3) is 9.86. The van der Waals surface area contributed by atoms with Gasteiger partial charge in [0.15, 0.2) is 15.8 Å². The minimum Gasteiger partial charge on any atom is -0.461 e. The molecule has 1 amide bonds. The van der Waals surface area contributed by atoms with E-state index in [0.717, 1.165) is 9.90 Å². The molecule has 0 saturated carbocycles. The summed E-state index contributed by atoms with van der Waals surface area (Å²) in [5, 5.41) is 1.67. The molecule has 0 spiro atoms. The highest BCUT2D eigenvalue weighted by Crippen LogP contribution is 2.25. The molecule has 1 aliphatic heterocycles. The molecule has 0 N–H and O–H groups in total. The highest BCUT2D eigenvalue weighted by Gasteiger charge is 2.28. The topological polar surface area (TPSA) is 120 Å². The average Bonchev–Trinajstić information content (AvgIpc) is 3.52. The zero-order valence-corrected chi connectivity index (χ0v) is 24.6. The van der Waals surface area contributed by atoms with E-state index < -0.39 is 16.1 Å². The fourth-order valence-corrected chi connectivity index (χ4v) is 6.67. The van der Waals surface area contributed by atoms with Crippen LogP contribution in [0.2, 0.25) is 0 Å². The third-order valence-corrected chi connectivity index (χ3v) is 9.35. The number of rotatable bonds is 16. The molecule has 212 valence electrons. The summed E-state index contributed by atoms with van der Waals surface area (Å²) < 4.78 is 35.2. The lowest BCUT2D eigenvalue weighted by atomic mass is 10.1. The Balaban J connectivity index is 1.34. The highest BCUT2D eigenvalue weighted by molar-refractivity contribution is 8.01. The van der Waals surface area contributed by atoms with E-state index in [1.54, 1.807) is 41.5 Å². The number of unbranched alkanes of at least 4 members (excludes halogenated alkanes) is 2. The molecule has 1 aromatic carbocycles. The molecule has 1 atom stereocenters. The van der Waals surface area contributed by atoms with E-state index in [-0.39, 0.29) is 29.2 Å². The molecule has 1 fully saturated rings. The second-order valence-corrected chi connectivity index (χ2v) is 12.8. The maximum absolute atomic E-state index is 12.4. The van der Waals surface area contributed by atoms with Crippen LogP contribution in [-0.4, -0.2) is 67.5 Å². The van der Waals surface area contributed by atoms with Crippen molar-refractivity contribution in [3.05, 3.63) is 53.1 Å². The molecular weight excluding hydrogens is 561 g/mol. The lowest BCUT2D eigenvalue weighted by Crippen LogP contribution is -2.33. The van der Waals surface area contributed by atoms with Gasteiger partial charge in [0.25, 0.3) is 10.1 Å². The number of amides is 1. The summed E-state index contributed by atoms with van der Waals surface area (Å²) >= 11 is 2.84. The third-order valence-electron chi connectivity index (χ3n) is 6.02. The number of ether oxygens (including phenoxy) is 1. The summed E-state index contributed by atoms with van der Waals surface area (Å²) in [6.07, 6.45) is 6.65. The van der Waals surface area contributed by atoms with Gasteiger partial charge in [0.1, 0.15) is 0 Å². The van der Waals surface area contributed by atoms with Crippen molar-refractivity contribution in [3.8, 4) is 0 Å². The van der Waals surface area contributed by atoms with E-state index in [4.69, 9.17) is 8.92 Å². The average molecular weight is 595 g/mol. The van der Waals surface area contributed by atoms with Crippen LogP contribution < -0.4 is 0 Å². The number of hydrogen-bond acceptors (Lipinski definition) is 10. The van der Waals surface area contributed by atoms with Crippen LogP contribution in [0.25, 0.3) is 0 Å². The maximum Gasteiger partial charge on any atom is 0.357 e. The van der Waals surface area contributed by atoms with Crippen molar-refractivity contribution < 1.29 is 31.7 Å². The van der Waals surface area contributed by atoms with E-state index in [1.807, 2.05) is 6.92 Å². The Hall–Kier alpha value is -2.54. The minimum absolute atomic E-state index is 0.0221. The normalized spacial score (nSPS) is 15.8. The van der Waals surface area contributed by atoms with Crippen molar-refractivity contribution in [3.63, 3.8) is 0 Å². The van der Waals surface area contributed by atoms with Crippen molar-refractivity contribution in [2.75, 3.05) is 25.5 Å². The van der Waals surface area contributed by atoms with Crippen LogP contribution >= 0.6 is 23.1 Å². The molecule has 2 heterocycles. The summed E-state index contributed by atoms with van der Waals surface area (Å²) in [7, 11) is -3.77. The number of aromatic nitrogens is 1. The summed E-state index contributed by atoms with van der Waals surface area (Å²) in [5.74, 6) is 0.224. The number of ketones is 1. The number of carbonyl (C=O) groups is 3. The van der Waals surface area contributed by atoms with Crippen LogP contribution in [0, 0.1) is 6.92 Å². The van der Waals surface area contributed by atoms with Crippen LogP contribution in [0.4, 0.5) is 0 Å². The number of thioether (sulfide) groups is 1. The number of carbonyl (C=O) groups excluding carboxylic acids is 3. The smallest absolute Gasteiger partial charge is 0.357 e. The predicted molar refractivity (Wildman–Crippen MR) is 150 cm³/mol. The molecule has 12 heteroatoms. The number of thiazole rings is 1. The standard InChI is InChI=1S/C27H34N2O7S3/c1-3-35-26(32)24-19-38-27(28-24)37-18-16-29-21(11-15-25(29)31)10-12-22(30)7-5-4-6-17-36-39(33,34)23-13-8-20(2)9-14-23/h8-10,12-14,19,21H,3-7,11,15-18H2,1-2H3/b12-10+/t21-/m0/s1. The van der Waals surface area contributed by atoms with Crippen LogP contribution in [0.1, 0.15) is 61.5 Å². The Morgan fingerprint density at radius 3 is 2.72 bits per heavy atom. The molecule has 0 bridgehead atoms. The molecule has 2 aromatic rings. The summed E-state index contributed by atoms with van der Waals surface area (Å²) in [6.45, 7) is 4.51. The first kappa shape index (κ1) is 31.0. The van der Waals surface area contributed by atoms with Crippen molar-refractivity contribution in [2.24, 2.45) is 0 Å². The van der Waals surface area contributed by atoms with Crippen LogP contribution in [0.15, 0.2) is 51.0 Å². The molecule has 1 aromatic heterocycles. The summed E-state index contributed by atoms with van der Waals surface area (Å²) in [5.41, 5.74) is 1.26. The van der Waals surface area contributed by atoms with Gasteiger partial charge in [-0.05, 0) is 51.3 Å². The largest absolute Gasteiger partial charge is 0.461 e. The van der Waals surface area contributed by atoms with E-state index in [0.29, 0.717) is 63.1 Å². The first-order chi connectivity index (χ1) is 18.7. The van der Waals surface area contributed by atoms with Gasteiger partial charge in [0.2, 0.25) is 5.91 Å². The number of allylic oxidation sites excluding steroid dienone is 1. The van der Waals surface area contributed by atoms with E-state index >= 15 is 0 Å². The van der Waals surface area contributed by atoms with Crippen LogP contribution in [0.3, 0.4) is 0 Å². The van der Waals surface area contributed by atoms with Crippen molar-refractivity contribution >= 4 is 50.9 Å². The molecule has 3 rings (SSSR count). The Bertz CT molecular complexity index is 1260. The quantitative estimate of drug-likeness (QED) is 0.0887. The van der Waals surface area contributed by atoms with Crippen molar-refractivity contribution in [1.82, 2.24) is 9.88 Å². The van der Waals surface area contributed by atoms with Gasteiger partial charge in [0.05, 0.1) is 24.2 Å². The number of esters is 1. The van der Waals surface area contributed by atoms with Crippen molar-refractivity contribution in [1.29, 1.82) is 0 Å². The Morgan fingerprint density at radius 1 is 1.21 bits per heavy atom. The SMILES string of the molecule is CCOC(=O)c1csc(SCCN2C(=O)CC[C@@H]2/C=C/C(=O)CCCCCOS(=O)(=O)c2ccc(C)cc2)n1. The fraction of sp³-hybridized carbons (Fsp3) is 0.481. The minimum atomic E-state index is -3.77. The highest BCUT2D eigenvalue weighted by atomic mass is 32.2. The molecule has 0 unspecified atom stereocenters. The van der Waals surface area contributed by atoms with Crippen molar-refractivity contribution in [2.45, 2.75) is 67.6 Å². The van der Waals surface area contributed by atoms with E-state index in [9.17, 15) is 22.8 Å². The molecule has 1 aliphatic rings. The predicted octanol–water partition coefficient (Wildman–Crippen LogP) is 4.80. The first-order valence-electron chi connectivity index (χ1n) is 12.9. The zero-order valence-electron chi connectivity index (χ0n) is 22.2. The van der Waals surface area contributed by atoms with Gasteiger partial charge in [-0.1, -0.05) is 42.0 Å². The number of aryl methyl sites for hydroxylation is 1. The number of likely N-dealkylation sites (tertiary alicyclic amines) is 1. The van der Waals surface area contributed by atoms with Crippen LogP contribution in [0.5, 0.6) is 0 Å². The van der Waals surface area contributed by atoms with Gasteiger partial charge < -0.3 is 9.64 Å². The lowest BCUT2D eigenvalue weighted by Gasteiger charge is -2.21. The van der Waals surface area contributed by atoms with E-state index in [1.165, 1.54) is 35.2 Å². The summed E-state index contributed by atoms with van der Waals surface area (Å²) in [6, 6.07) is 6.38. The molecule has 9 nitrogen and oxygen atoms in total. The Kier molecular flexibility index (Phi) is 12.2. The molecule has 0 radical (unpaired) electrons. The molecule has 1 saturated heterocycles. The first-order valence-corrected chi connectivity index (χ1v) is 16.2. The van der Waals surface area contributed by atoms with Gasteiger partial charge in [-0.25, -0.2) is 9.78 Å². The van der Waals surface area contributed by atoms with Gasteiger partial charge in [-0.15, -0.1) is 11.3 Å². The molecular formula is C27H34N2O7S3. The number of hydrogen-bond donors (Lipinski definition) is 0. The second-order valence-electron chi connectivity index (χ2n) is 8.99. The fourth-order valence-electron chi connectivity index (χ4n) is 3.92. The Morgan fingerprint density at radius 2 is 1.97 bits per heavy atom. The van der Waals surface area contributed by atoms with Gasteiger partial charge in [-0.2, -0.15) is 8.42 Å². The molecule has 39 heavy (non-hydrogen) atoms. The monoisotopic (exact) mass is 594 g/mol. The Labute approximate surface area is 238 Å². The van der Waals surface area contributed by atoms with E-state index in [2.05, 4.69) is 4.98 Å². The van der Waals surface area contributed by atoms with Gasteiger partial charge in [-0.3, -0.25) is 13.8 Å². The number of nitrogens with zero attached hydrogens (tertiary/aromatic N) is 2.